The van der Waals surface area contributed by atoms with Gasteiger partial charge in [0.15, 0.2) is 0 Å². The van der Waals surface area contributed by atoms with E-state index in [1.165, 1.54) is 16.7 Å². The highest BCUT2D eigenvalue weighted by molar-refractivity contribution is 8.03. The lowest BCUT2D eigenvalue weighted by Gasteiger charge is -2.46. The zero-order valence-corrected chi connectivity index (χ0v) is 23.1. The highest BCUT2D eigenvalue weighted by atomic mass is 32.2. The molecule has 1 amide bonds. The smallest absolute Gasteiger partial charge is 0.353 e. The molecule has 12 heteroatoms. The number of carboxylic acids is 1. The predicted octanol–water partition coefficient (Wildman–Crippen LogP) is 1.11. The van der Waals surface area contributed by atoms with Crippen LogP contribution in [0.15, 0.2) is 10.6 Å². The van der Waals surface area contributed by atoms with Gasteiger partial charge in [0.05, 0.1) is 24.7 Å². The Kier molecular flexibility index (Phi) is 9.41. The topological polar surface area (TPSA) is 125 Å². The van der Waals surface area contributed by atoms with Crippen molar-refractivity contribution < 1.29 is 33.7 Å². The summed E-state index contributed by atoms with van der Waals surface area (Å²) in [7, 11) is 0. The van der Waals surface area contributed by atoms with Crippen LogP contribution >= 0.6 is 11.8 Å². The molecular weight excluding hydrogens is 518 g/mol. The van der Waals surface area contributed by atoms with Gasteiger partial charge in [0.1, 0.15) is 17.0 Å². The predicted molar refractivity (Wildman–Crippen MR) is 141 cm³/mol. The van der Waals surface area contributed by atoms with E-state index >= 15 is 4.39 Å². The fourth-order valence-corrected chi connectivity index (χ4v) is 7.88. The van der Waals surface area contributed by atoms with E-state index in [0.29, 0.717) is 58.4 Å². The second-order valence-corrected chi connectivity index (χ2v) is 12.8. The number of thioether (sulfide) groups is 1. The molecule has 4 fully saturated rings. The zero-order chi connectivity index (χ0) is 27.7. The molecule has 0 aliphatic carbocycles. The molecule has 5 atom stereocenters. The van der Waals surface area contributed by atoms with Crippen molar-refractivity contribution in [2.75, 3.05) is 52.4 Å². The van der Waals surface area contributed by atoms with E-state index in [2.05, 4.69) is 15.5 Å². The fraction of sp³-hybridized carbons (Fsp3) is 0.846. The van der Waals surface area contributed by atoms with Crippen molar-refractivity contribution in [2.24, 2.45) is 11.8 Å². The normalized spacial score (nSPS) is 33.3. The average Bonchev–Trinajstić information content (AvgIpc) is 3.40. The summed E-state index contributed by atoms with van der Waals surface area (Å²) in [6, 6.07) is -0.280. The number of alkyl halides is 2. The van der Waals surface area contributed by atoms with Crippen LogP contribution in [-0.2, 0) is 9.59 Å². The van der Waals surface area contributed by atoms with Crippen molar-refractivity contribution in [1.29, 1.82) is 0 Å². The number of piperidine rings is 2. The number of hydrogen-bond acceptors (Lipinski definition) is 8. The Morgan fingerprint density at radius 2 is 1.71 bits per heavy atom. The highest BCUT2D eigenvalue weighted by Crippen LogP contribution is 2.52. The molecule has 0 aromatic heterocycles. The molecule has 0 radical (unpaired) electrons. The maximum atomic E-state index is 15.0. The summed E-state index contributed by atoms with van der Waals surface area (Å²) < 4.78 is 28.0. The van der Waals surface area contributed by atoms with E-state index in [0.717, 1.165) is 24.4 Å². The van der Waals surface area contributed by atoms with Crippen LogP contribution in [0.1, 0.15) is 46.0 Å². The first-order valence-corrected chi connectivity index (χ1v) is 14.6. The summed E-state index contributed by atoms with van der Waals surface area (Å²) in [5.74, 6) is -2.05. The molecule has 0 saturated carbocycles. The Labute approximate surface area is 227 Å². The van der Waals surface area contributed by atoms with Gasteiger partial charge in [0, 0.05) is 29.2 Å². The summed E-state index contributed by atoms with van der Waals surface area (Å²) in [6.45, 7) is 7.98. The van der Waals surface area contributed by atoms with Crippen LogP contribution in [0.25, 0.3) is 0 Å². The summed E-state index contributed by atoms with van der Waals surface area (Å²) in [4.78, 5) is 28.6. The minimum atomic E-state index is -1.29. The van der Waals surface area contributed by atoms with Gasteiger partial charge >= 0.3 is 5.97 Å². The second kappa shape index (κ2) is 12.1. The lowest BCUT2D eigenvalue weighted by Crippen LogP contribution is -2.63. The molecule has 5 aliphatic rings. The van der Waals surface area contributed by atoms with Gasteiger partial charge in [-0.15, -0.1) is 11.8 Å². The Bertz CT molecular complexity index is 910. The van der Waals surface area contributed by atoms with E-state index in [9.17, 15) is 24.2 Å². The fourth-order valence-electron chi connectivity index (χ4n) is 6.36. The van der Waals surface area contributed by atoms with Crippen LogP contribution < -0.4 is 10.6 Å². The van der Waals surface area contributed by atoms with Gasteiger partial charge in [-0.2, -0.15) is 0 Å². The average molecular weight is 561 g/mol. The quantitative estimate of drug-likeness (QED) is 0.291. The van der Waals surface area contributed by atoms with Gasteiger partial charge in [-0.05, 0) is 71.8 Å². The number of aliphatic hydroxyl groups is 2. The first-order chi connectivity index (χ1) is 18.0. The molecular formula is C26H42F2N4O5S. The highest BCUT2D eigenvalue weighted by Gasteiger charge is 2.60. The number of fused-ring (bicyclic) bond motifs is 1. The maximum Gasteiger partial charge on any atom is 0.353 e. The number of hydrogen-bond donors (Lipinski definition) is 5. The van der Waals surface area contributed by atoms with Crippen molar-refractivity contribution in [3.63, 3.8) is 0 Å². The minimum absolute atomic E-state index is 0.0770. The van der Waals surface area contributed by atoms with E-state index < -0.39 is 29.3 Å². The van der Waals surface area contributed by atoms with Gasteiger partial charge in [-0.3, -0.25) is 9.69 Å². The minimum Gasteiger partial charge on any atom is -0.477 e. The molecule has 0 aromatic rings. The number of β-lactam (4-membered cyclic amide) rings is 1. The molecule has 5 aliphatic heterocycles. The van der Waals surface area contributed by atoms with Gasteiger partial charge < -0.3 is 30.9 Å². The Morgan fingerprint density at radius 1 is 1.13 bits per heavy atom. The van der Waals surface area contributed by atoms with Crippen molar-refractivity contribution in [3.8, 4) is 0 Å². The molecule has 0 aromatic carbocycles. The number of halogens is 2. The molecule has 216 valence electrons. The molecule has 0 spiro atoms. The first kappa shape index (κ1) is 29.7. The van der Waals surface area contributed by atoms with Crippen molar-refractivity contribution >= 4 is 23.6 Å². The van der Waals surface area contributed by atoms with Crippen LogP contribution in [0.3, 0.4) is 0 Å². The third-order valence-corrected chi connectivity index (χ3v) is 10.2. The number of carboxylic acid groups (broad SMARTS) is 1. The molecule has 9 nitrogen and oxygen atoms in total. The molecule has 5 rings (SSSR count). The van der Waals surface area contributed by atoms with E-state index in [1.54, 1.807) is 6.92 Å². The van der Waals surface area contributed by atoms with Gasteiger partial charge in [-0.1, -0.05) is 6.92 Å². The van der Waals surface area contributed by atoms with Crippen molar-refractivity contribution in [1.82, 2.24) is 20.4 Å². The van der Waals surface area contributed by atoms with Crippen molar-refractivity contribution in [3.05, 3.63) is 10.6 Å². The van der Waals surface area contributed by atoms with Gasteiger partial charge in [0.2, 0.25) is 5.91 Å². The zero-order valence-electron chi connectivity index (χ0n) is 22.3. The summed E-state index contributed by atoms with van der Waals surface area (Å²) >= 11 is 1.53. The Balaban J connectivity index is 0.000000317. The van der Waals surface area contributed by atoms with Crippen molar-refractivity contribution in [2.45, 2.75) is 74.7 Å². The molecule has 5 N–H and O–H groups in total. The van der Waals surface area contributed by atoms with Crippen LogP contribution in [-0.4, -0.2) is 118 Å². The maximum absolute atomic E-state index is 15.0. The SMILES string of the molecule is C[C@@H](O)[C@H]1C(=O)N2C(C(=O)O)=C(S[C@@H]3CCN(CC4(F)CCNCC4)C3)[C@H](C)[C@H]12.OCC1(F)CCNCC1. The summed E-state index contributed by atoms with van der Waals surface area (Å²) in [5.41, 5.74) is -2.35. The number of carbonyl (C=O) groups is 2. The number of aliphatic carboxylic acids is 1. The van der Waals surface area contributed by atoms with E-state index in [4.69, 9.17) is 5.11 Å². The molecule has 0 bridgehead atoms. The monoisotopic (exact) mass is 560 g/mol. The largest absolute Gasteiger partial charge is 0.477 e. The Hall–Kier alpha value is -1.31. The number of rotatable bonds is 7. The molecule has 38 heavy (non-hydrogen) atoms. The van der Waals surface area contributed by atoms with Crippen LogP contribution in [0, 0.1) is 11.8 Å². The summed E-state index contributed by atoms with van der Waals surface area (Å²) in [5, 5.41) is 34.7. The molecule has 0 unspecified atom stereocenters. The standard InChI is InChI=1S/C20H30FN3O4S.C6H12FNO/c1-11-15-14(12(2)25)18(26)24(15)16(19(27)28)17(11)29-13-3-8-23(9-13)10-20(21)4-6-22-7-5-20;7-6(5-9)1-3-8-4-2-6/h11-15,22,25H,3-10H2,1-2H3,(H,27,28);8-9H,1-5H2/t11-,12-,13-,14-,15-;/m1./s1. The third kappa shape index (κ3) is 6.20. The Morgan fingerprint density at radius 3 is 2.21 bits per heavy atom. The molecule has 5 heterocycles. The molecule has 4 saturated heterocycles. The number of likely N-dealkylation sites (tertiary alicyclic amines) is 1. The first-order valence-electron chi connectivity index (χ1n) is 13.8. The lowest BCUT2D eigenvalue weighted by atomic mass is 9.79. The van der Waals surface area contributed by atoms with E-state index in [1.807, 2.05) is 6.92 Å². The number of amides is 1. The second-order valence-electron chi connectivity index (χ2n) is 11.5. The third-order valence-electron chi connectivity index (χ3n) is 8.62. The van der Waals surface area contributed by atoms with Gasteiger partial charge in [0.25, 0.3) is 0 Å². The van der Waals surface area contributed by atoms with Crippen LogP contribution in [0.2, 0.25) is 0 Å². The number of nitrogens with one attached hydrogen (secondary N) is 2. The number of aliphatic hydroxyl groups excluding tert-OH is 2. The number of nitrogens with zero attached hydrogens (tertiary/aromatic N) is 2. The summed E-state index contributed by atoms with van der Waals surface area (Å²) in [6.07, 6.45) is 2.05. The number of carbonyl (C=O) groups excluding carboxylic acids is 1. The van der Waals surface area contributed by atoms with Gasteiger partial charge in [-0.25, -0.2) is 13.6 Å². The van der Waals surface area contributed by atoms with Crippen LogP contribution in [0.4, 0.5) is 8.78 Å². The lowest BCUT2D eigenvalue weighted by molar-refractivity contribution is -0.163. The van der Waals surface area contributed by atoms with E-state index in [-0.39, 0.29) is 35.4 Å². The van der Waals surface area contributed by atoms with Crippen LogP contribution in [0.5, 0.6) is 0 Å².